The Morgan fingerprint density at radius 1 is 0.531 bits per heavy atom. The second-order valence-electron chi connectivity index (χ2n) is 9.51. The van der Waals surface area contributed by atoms with E-state index in [0.29, 0.717) is 18.3 Å². The van der Waals surface area contributed by atoms with Gasteiger partial charge in [0, 0.05) is 35.9 Å². The maximum absolute atomic E-state index is 8.66. The molecule has 1 N–H and O–H groups in total. The van der Waals surface area contributed by atoms with Crippen molar-refractivity contribution in [2.75, 3.05) is 14.2 Å². The number of aliphatic hydroxyl groups is 1. The van der Waals surface area contributed by atoms with Crippen LogP contribution in [0, 0.1) is 0 Å². The van der Waals surface area contributed by atoms with Gasteiger partial charge in [0.2, 0.25) is 5.88 Å². The number of halogens is 5. The lowest BCUT2D eigenvalue weighted by atomic mass is 10.2. The number of hydrogen-bond acceptors (Lipinski definition) is 10. The second-order valence-corrected chi connectivity index (χ2v) is 11.3. The molecule has 0 spiro atoms. The topological polar surface area (TPSA) is 125 Å². The first-order chi connectivity index (χ1) is 23.7. The Morgan fingerprint density at radius 2 is 0.939 bits per heavy atom. The molecule has 0 radical (unpaired) electrons. The maximum atomic E-state index is 8.66. The number of benzene rings is 2. The van der Waals surface area contributed by atoms with Gasteiger partial charge < -0.3 is 19.3 Å². The van der Waals surface area contributed by atoms with Crippen molar-refractivity contribution in [3.63, 3.8) is 0 Å². The Morgan fingerprint density at radius 3 is 1.37 bits per heavy atom. The zero-order valence-electron chi connectivity index (χ0n) is 25.9. The van der Waals surface area contributed by atoms with Crippen LogP contribution in [-0.2, 0) is 13.2 Å². The number of hydrogen-bond donors (Lipinski definition) is 1. The van der Waals surface area contributed by atoms with Gasteiger partial charge in [-0.2, -0.15) is 4.98 Å². The zero-order valence-corrected chi connectivity index (χ0v) is 29.7. The molecular weight excluding hydrogens is 734 g/mol. The first kappa shape index (κ1) is 37.5. The van der Waals surface area contributed by atoms with Crippen molar-refractivity contribution >= 4 is 58.0 Å². The number of ether oxygens (including phenoxy) is 3. The highest BCUT2D eigenvalue weighted by molar-refractivity contribution is 6.47. The predicted octanol–water partition coefficient (Wildman–Crippen LogP) is 9.12. The van der Waals surface area contributed by atoms with E-state index in [1.807, 2.05) is 48.5 Å². The molecular formula is C34H27Cl5N6O4. The average molecular weight is 761 g/mol. The minimum Gasteiger partial charge on any atom is -0.497 e. The molecule has 0 unspecified atom stereocenters. The van der Waals surface area contributed by atoms with E-state index in [-0.39, 0.29) is 38.0 Å². The number of aromatic nitrogens is 6. The first-order valence-electron chi connectivity index (χ1n) is 14.1. The van der Waals surface area contributed by atoms with Gasteiger partial charge >= 0.3 is 0 Å². The normalized spacial score (nSPS) is 10.2. The third kappa shape index (κ3) is 11.1. The van der Waals surface area contributed by atoms with Gasteiger partial charge in [-0.05, 0) is 59.7 Å². The van der Waals surface area contributed by atoms with E-state index >= 15 is 0 Å². The fourth-order valence-corrected chi connectivity index (χ4v) is 4.53. The molecule has 10 nitrogen and oxygen atoms in total. The zero-order chi connectivity index (χ0) is 35.2. The quantitative estimate of drug-likeness (QED) is 0.150. The van der Waals surface area contributed by atoms with Gasteiger partial charge in [-0.3, -0.25) is 9.97 Å². The number of nitrogens with zero attached hydrogens (tertiary/aromatic N) is 6. The molecule has 2 aromatic carbocycles. The molecule has 0 saturated carbocycles. The lowest BCUT2D eigenvalue weighted by molar-refractivity contribution is 0.281. The van der Waals surface area contributed by atoms with E-state index in [1.54, 1.807) is 63.3 Å². The largest absolute Gasteiger partial charge is 0.497 e. The van der Waals surface area contributed by atoms with Crippen LogP contribution < -0.4 is 14.2 Å². The van der Waals surface area contributed by atoms with Gasteiger partial charge in [0.05, 0.1) is 20.8 Å². The summed E-state index contributed by atoms with van der Waals surface area (Å²) in [6.07, 6.45) is 6.57. The third-order valence-electron chi connectivity index (χ3n) is 6.30. The van der Waals surface area contributed by atoms with Gasteiger partial charge in [0.25, 0.3) is 0 Å². The van der Waals surface area contributed by atoms with Crippen LogP contribution >= 0.6 is 58.0 Å². The molecule has 252 valence electrons. The minimum atomic E-state index is 0.0873. The van der Waals surface area contributed by atoms with Crippen LogP contribution in [0.5, 0.6) is 17.4 Å². The molecule has 0 aliphatic carbocycles. The molecule has 0 atom stereocenters. The van der Waals surface area contributed by atoms with Crippen molar-refractivity contribution in [3.8, 4) is 40.2 Å². The summed E-state index contributed by atoms with van der Waals surface area (Å²) in [5, 5.41) is 9.43. The van der Waals surface area contributed by atoms with Crippen molar-refractivity contribution in [2.45, 2.75) is 13.2 Å². The summed E-state index contributed by atoms with van der Waals surface area (Å²) >= 11 is 29.6. The van der Waals surface area contributed by atoms with Crippen LogP contribution in [-0.4, -0.2) is 49.2 Å². The van der Waals surface area contributed by atoms with Gasteiger partial charge in [0.1, 0.15) is 28.2 Å². The molecule has 15 heteroatoms. The Balaban J connectivity index is 0.000000184. The molecule has 49 heavy (non-hydrogen) atoms. The number of pyridine rings is 2. The Hall–Kier alpha value is -4.29. The van der Waals surface area contributed by atoms with Crippen LogP contribution in [0.3, 0.4) is 0 Å². The van der Waals surface area contributed by atoms with E-state index in [4.69, 9.17) is 77.3 Å². The van der Waals surface area contributed by atoms with E-state index in [9.17, 15) is 0 Å². The van der Waals surface area contributed by atoms with Crippen molar-refractivity contribution in [1.82, 2.24) is 29.9 Å². The molecule has 6 rings (SSSR count). The SMILES string of the molecule is COc1ccc(CO)cc1.COc1ccc(COc2nc(-c3ccncc3)nc(Cl)c2Cl)cc1.Clc1nc(-c2ccncc2)nc(Cl)c1Cl. The Labute approximate surface area is 307 Å². The predicted molar refractivity (Wildman–Crippen MR) is 192 cm³/mol. The van der Waals surface area contributed by atoms with Crippen molar-refractivity contribution < 1.29 is 19.3 Å². The summed E-state index contributed by atoms with van der Waals surface area (Å²) in [4.78, 5) is 24.4. The summed E-state index contributed by atoms with van der Waals surface area (Å²) in [6.45, 7) is 0.386. The van der Waals surface area contributed by atoms with Crippen LogP contribution in [0.4, 0.5) is 0 Å². The van der Waals surface area contributed by atoms with E-state index < -0.39 is 0 Å². The molecule has 4 heterocycles. The van der Waals surface area contributed by atoms with Crippen molar-refractivity contribution in [2.24, 2.45) is 0 Å². The highest BCUT2D eigenvalue weighted by Crippen LogP contribution is 2.32. The fourth-order valence-electron chi connectivity index (χ4n) is 3.75. The Bertz CT molecular complexity index is 1880. The summed E-state index contributed by atoms with van der Waals surface area (Å²) in [5.74, 6) is 2.69. The maximum Gasteiger partial charge on any atom is 0.238 e. The van der Waals surface area contributed by atoms with Crippen molar-refractivity contribution in [3.05, 3.63) is 134 Å². The lowest BCUT2D eigenvalue weighted by Crippen LogP contribution is -2.01. The summed E-state index contributed by atoms with van der Waals surface area (Å²) in [6, 6.07) is 21.9. The van der Waals surface area contributed by atoms with E-state index in [0.717, 1.165) is 33.8 Å². The molecule has 0 bridgehead atoms. The molecule has 0 aliphatic rings. The monoisotopic (exact) mass is 758 g/mol. The fraction of sp³-hybridized carbons (Fsp3) is 0.118. The summed E-state index contributed by atoms with van der Waals surface area (Å²) in [5.41, 5.74) is 3.41. The highest BCUT2D eigenvalue weighted by atomic mass is 35.5. The molecule has 0 aliphatic heterocycles. The smallest absolute Gasteiger partial charge is 0.238 e. The van der Waals surface area contributed by atoms with Crippen LogP contribution in [0.1, 0.15) is 11.1 Å². The van der Waals surface area contributed by atoms with Crippen molar-refractivity contribution in [1.29, 1.82) is 0 Å². The van der Waals surface area contributed by atoms with E-state index in [1.165, 1.54) is 0 Å². The highest BCUT2D eigenvalue weighted by Gasteiger charge is 2.14. The first-order valence-corrected chi connectivity index (χ1v) is 16.0. The molecule has 0 fully saturated rings. The lowest BCUT2D eigenvalue weighted by Gasteiger charge is -2.10. The number of aliphatic hydroxyl groups excluding tert-OH is 1. The third-order valence-corrected chi connectivity index (χ3v) is 8.11. The van der Waals surface area contributed by atoms with Gasteiger partial charge in [-0.15, -0.1) is 0 Å². The van der Waals surface area contributed by atoms with Crippen LogP contribution in [0.25, 0.3) is 22.8 Å². The molecule has 4 aromatic heterocycles. The standard InChI is InChI=1S/C17H13Cl2N3O2.C9H4Cl3N3.C8H10O2/c1-23-13-4-2-11(3-5-13)10-24-17-14(18)15(19)21-16(22-17)12-6-8-20-9-7-12;10-6-7(11)14-9(15-8(6)12)5-1-3-13-4-2-5;1-10-8-4-2-7(6-9)3-5-8/h2-9H,10H2,1H3;1-4H;2-5,9H,6H2,1H3. The molecule has 0 amide bonds. The van der Waals surface area contributed by atoms with Crippen LogP contribution in [0.2, 0.25) is 25.5 Å². The average Bonchev–Trinajstić information content (AvgIpc) is 3.15. The van der Waals surface area contributed by atoms with Gasteiger partial charge in [-0.25, -0.2) is 15.0 Å². The number of methoxy groups -OCH3 is 2. The minimum absolute atomic E-state index is 0.0873. The number of rotatable bonds is 8. The molecule has 0 saturated heterocycles. The second kappa shape index (κ2) is 19.0. The molecule has 6 aromatic rings. The van der Waals surface area contributed by atoms with Gasteiger partial charge in [0.15, 0.2) is 27.1 Å². The summed E-state index contributed by atoms with van der Waals surface area (Å²) in [7, 11) is 3.24. The van der Waals surface area contributed by atoms with E-state index in [2.05, 4.69) is 29.9 Å². The Kier molecular flexibility index (Phi) is 14.6. The van der Waals surface area contributed by atoms with Gasteiger partial charge in [-0.1, -0.05) is 82.3 Å². The summed E-state index contributed by atoms with van der Waals surface area (Å²) < 4.78 is 15.8. The van der Waals surface area contributed by atoms with Crippen LogP contribution in [0.15, 0.2) is 97.6 Å².